The smallest absolute Gasteiger partial charge is 0.341 e. The Kier molecular flexibility index (Phi) is 5.07. The van der Waals surface area contributed by atoms with Crippen LogP contribution in [0.1, 0.15) is 34.4 Å². The summed E-state index contributed by atoms with van der Waals surface area (Å²) in [6.07, 6.45) is 2.09. The molecule has 1 heterocycles. The lowest BCUT2D eigenvalue weighted by molar-refractivity contribution is 0.0524. The van der Waals surface area contributed by atoms with E-state index in [0.29, 0.717) is 30.1 Å². The van der Waals surface area contributed by atoms with Crippen molar-refractivity contribution in [2.45, 2.75) is 19.2 Å². The summed E-state index contributed by atoms with van der Waals surface area (Å²) in [5, 5.41) is 0. The molecule has 2 aromatic rings. The van der Waals surface area contributed by atoms with Crippen LogP contribution in [-0.2, 0) is 17.0 Å². The minimum absolute atomic E-state index is 0.151. The van der Waals surface area contributed by atoms with Crippen LogP contribution in [0.3, 0.4) is 0 Å². The maximum Gasteiger partial charge on any atom is 0.341 e. The van der Waals surface area contributed by atoms with Crippen LogP contribution in [0.4, 0.5) is 0 Å². The maximum absolute atomic E-state index is 11.7. The molecule has 104 valence electrons. The summed E-state index contributed by atoms with van der Waals surface area (Å²) in [6.45, 7) is 2.06. The first-order valence-electron chi connectivity index (χ1n) is 6.36. The number of hydrogen-bond acceptors (Lipinski definition) is 4. The number of esters is 1. The Morgan fingerprint density at radius 2 is 2.05 bits per heavy atom. The average molecular weight is 291 g/mol. The normalized spacial score (nSPS) is 10.3. The lowest BCUT2D eigenvalue weighted by Gasteiger charge is -2.07. The third-order valence-corrected chi connectivity index (χ3v) is 3.00. The molecule has 0 fully saturated rings. The van der Waals surface area contributed by atoms with Crippen LogP contribution in [0.25, 0.3) is 0 Å². The first kappa shape index (κ1) is 14.5. The number of benzene rings is 1. The standard InChI is InChI=1S/C15H15ClN2O2/c1-2-20-15(19)12-10-17-14(18-13(12)9-16)8-11-6-4-3-5-7-11/h3-7,10H,2,8-9H2,1H3. The van der Waals surface area contributed by atoms with E-state index in [9.17, 15) is 4.79 Å². The summed E-state index contributed by atoms with van der Waals surface area (Å²) in [4.78, 5) is 20.3. The summed E-state index contributed by atoms with van der Waals surface area (Å²) in [5.74, 6) is 0.354. The molecule has 0 amide bonds. The third-order valence-electron chi connectivity index (χ3n) is 2.74. The Morgan fingerprint density at radius 1 is 1.30 bits per heavy atom. The SMILES string of the molecule is CCOC(=O)c1cnc(Cc2ccccc2)nc1CCl. The summed E-state index contributed by atoms with van der Waals surface area (Å²) in [5.41, 5.74) is 1.95. The number of hydrogen-bond donors (Lipinski definition) is 0. The minimum Gasteiger partial charge on any atom is -0.462 e. The van der Waals surface area contributed by atoms with Crippen LogP contribution in [0, 0.1) is 0 Å². The zero-order valence-corrected chi connectivity index (χ0v) is 11.9. The molecule has 4 nitrogen and oxygen atoms in total. The fourth-order valence-corrected chi connectivity index (χ4v) is 2.01. The number of halogens is 1. The highest BCUT2D eigenvalue weighted by molar-refractivity contribution is 6.17. The Bertz CT molecular complexity index is 588. The van der Waals surface area contributed by atoms with Gasteiger partial charge < -0.3 is 4.74 Å². The molecular weight excluding hydrogens is 276 g/mol. The van der Waals surface area contributed by atoms with Crippen LogP contribution >= 0.6 is 11.6 Å². The molecule has 0 aliphatic rings. The zero-order chi connectivity index (χ0) is 14.4. The highest BCUT2D eigenvalue weighted by Gasteiger charge is 2.15. The molecule has 0 N–H and O–H groups in total. The second-order valence-corrected chi connectivity index (χ2v) is 4.43. The molecular formula is C15H15ClN2O2. The third kappa shape index (κ3) is 3.54. The number of aromatic nitrogens is 2. The van der Waals surface area contributed by atoms with Gasteiger partial charge in [0.1, 0.15) is 11.4 Å². The van der Waals surface area contributed by atoms with Crippen molar-refractivity contribution in [3.05, 3.63) is 59.2 Å². The van der Waals surface area contributed by atoms with E-state index in [-0.39, 0.29) is 5.88 Å². The molecule has 20 heavy (non-hydrogen) atoms. The lowest BCUT2D eigenvalue weighted by atomic mass is 10.1. The molecule has 0 radical (unpaired) electrons. The van der Waals surface area contributed by atoms with Crippen molar-refractivity contribution in [3.63, 3.8) is 0 Å². The minimum atomic E-state index is -0.436. The largest absolute Gasteiger partial charge is 0.462 e. The quantitative estimate of drug-likeness (QED) is 0.627. The molecule has 1 aromatic heterocycles. The van der Waals surface area contributed by atoms with Gasteiger partial charge in [0, 0.05) is 12.6 Å². The van der Waals surface area contributed by atoms with E-state index in [1.165, 1.54) is 6.20 Å². The summed E-state index contributed by atoms with van der Waals surface area (Å²) in [7, 11) is 0. The Morgan fingerprint density at radius 3 is 2.70 bits per heavy atom. The number of ether oxygens (including phenoxy) is 1. The molecule has 0 saturated carbocycles. The zero-order valence-electron chi connectivity index (χ0n) is 11.2. The van der Waals surface area contributed by atoms with Crippen molar-refractivity contribution < 1.29 is 9.53 Å². The van der Waals surface area contributed by atoms with Gasteiger partial charge in [-0.15, -0.1) is 11.6 Å². The van der Waals surface area contributed by atoms with Gasteiger partial charge in [-0.3, -0.25) is 0 Å². The molecule has 0 aliphatic heterocycles. The predicted molar refractivity (Wildman–Crippen MR) is 76.8 cm³/mol. The number of alkyl halides is 1. The van der Waals surface area contributed by atoms with Crippen molar-refractivity contribution in [2.24, 2.45) is 0 Å². The number of carbonyl (C=O) groups excluding carboxylic acids is 1. The molecule has 5 heteroatoms. The topological polar surface area (TPSA) is 52.1 Å². The van der Waals surface area contributed by atoms with Gasteiger partial charge in [-0.2, -0.15) is 0 Å². The summed E-state index contributed by atoms with van der Waals surface area (Å²) < 4.78 is 4.95. The Hall–Kier alpha value is -1.94. The van der Waals surface area contributed by atoms with E-state index in [2.05, 4.69) is 9.97 Å². The highest BCUT2D eigenvalue weighted by Crippen LogP contribution is 2.12. The maximum atomic E-state index is 11.7. The van der Waals surface area contributed by atoms with Gasteiger partial charge in [0.05, 0.1) is 18.2 Å². The van der Waals surface area contributed by atoms with Gasteiger partial charge in [0.25, 0.3) is 0 Å². The first-order valence-corrected chi connectivity index (χ1v) is 6.89. The van der Waals surface area contributed by atoms with Gasteiger partial charge in [0.15, 0.2) is 0 Å². The molecule has 0 atom stereocenters. The van der Waals surface area contributed by atoms with E-state index < -0.39 is 5.97 Å². The van der Waals surface area contributed by atoms with Crippen molar-refractivity contribution in [3.8, 4) is 0 Å². The molecule has 2 rings (SSSR count). The van der Waals surface area contributed by atoms with E-state index in [1.54, 1.807) is 6.92 Å². The van der Waals surface area contributed by atoms with Crippen molar-refractivity contribution in [2.75, 3.05) is 6.61 Å². The van der Waals surface area contributed by atoms with Crippen molar-refractivity contribution in [1.82, 2.24) is 9.97 Å². The van der Waals surface area contributed by atoms with Crippen LogP contribution in [0.5, 0.6) is 0 Å². The number of rotatable bonds is 5. The fourth-order valence-electron chi connectivity index (χ4n) is 1.80. The van der Waals surface area contributed by atoms with Gasteiger partial charge in [-0.1, -0.05) is 30.3 Å². The molecule has 0 aliphatic carbocycles. The fraction of sp³-hybridized carbons (Fsp3) is 0.267. The molecule has 0 spiro atoms. The molecule has 1 aromatic carbocycles. The van der Waals surface area contributed by atoms with Crippen LogP contribution in [0.15, 0.2) is 36.5 Å². The van der Waals surface area contributed by atoms with E-state index >= 15 is 0 Å². The lowest BCUT2D eigenvalue weighted by Crippen LogP contribution is -2.11. The van der Waals surface area contributed by atoms with Gasteiger partial charge >= 0.3 is 5.97 Å². The van der Waals surface area contributed by atoms with Gasteiger partial charge in [0.2, 0.25) is 0 Å². The van der Waals surface area contributed by atoms with Gasteiger partial charge in [-0.05, 0) is 12.5 Å². The number of nitrogens with zero attached hydrogens (tertiary/aromatic N) is 2. The summed E-state index contributed by atoms with van der Waals surface area (Å²) in [6, 6.07) is 9.89. The molecule has 0 unspecified atom stereocenters. The Balaban J connectivity index is 2.23. The second-order valence-electron chi connectivity index (χ2n) is 4.16. The predicted octanol–water partition coefficient (Wildman–Crippen LogP) is 2.98. The monoisotopic (exact) mass is 290 g/mol. The number of carbonyl (C=O) groups is 1. The average Bonchev–Trinajstić information content (AvgIpc) is 2.48. The van der Waals surface area contributed by atoms with Crippen molar-refractivity contribution >= 4 is 17.6 Å². The van der Waals surface area contributed by atoms with Crippen LogP contribution < -0.4 is 0 Å². The summed E-state index contributed by atoms with van der Waals surface area (Å²) >= 11 is 5.85. The highest BCUT2D eigenvalue weighted by atomic mass is 35.5. The van der Waals surface area contributed by atoms with E-state index in [4.69, 9.17) is 16.3 Å². The molecule has 0 bridgehead atoms. The van der Waals surface area contributed by atoms with E-state index in [0.717, 1.165) is 5.56 Å². The van der Waals surface area contributed by atoms with E-state index in [1.807, 2.05) is 30.3 Å². The Labute approximate surface area is 122 Å². The molecule has 0 saturated heterocycles. The second kappa shape index (κ2) is 7.01. The van der Waals surface area contributed by atoms with Crippen LogP contribution in [-0.4, -0.2) is 22.5 Å². The van der Waals surface area contributed by atoms with Gasteiger partial charge in [-0.25, -0.2) is 14.8 Å². The van der Waals surface area contributed by atoms with Crippen molar-refractivity contribution in [1.29, 1.82) is 0 Å². The first-order chi connectivity index (χ1) is 9.74. The van der Waals surface area contributed by atoms with Crippen LogP contribution in [0.2, 0.25) is 0 Å².